The van der Waals surface area contributed by atoms with Crippen molar-refractivity contribution in [2.24, 2.45) is 0 Å². The van der Waals surface area contributed by atoms with Gasteiger partial charge in [0.1, 0.15) is 5.00 Å². The molecule has 0 unspecified atom stereocenters. The van der Waals surface area contributed by atoms with Gasteiger partial charge in [0.15, 0.2) is 11.5 Å². The molecule has 0 bridgehead atoms. The maximum Gasteiger partial charge on any atom is 0.414 e. The molecule has 0 aliphatic rings. The number of aryl methyl sites for hydroxylation is 1. The van der Waals surface area contributed by atoms with E-state index in [1.54, 1.807) is 26.0 Å². The van der Waals surface area contributed by atoms with Crippen molar-refractivity contribution in [3.8, 4) is 17.2 Å². The molecular weight excluding hydrogens is 448 g/mol. The first kappa shape index (κ1) is 26.0. The van der Waals surface area contributed by atoms with Crippen LogP contribution in [0.25, 0.3) is 0 Å². The first-order valence-electron chi connectivity index (χ1n) is 10.7. The minimum absolute atomic E-state index is 0.131. The molecule has 9 nitrogen and oxygen atoms in total. The number of hydrogen-bond acceptors (Lipinski definition) is 8. The molecular formula is C23H30N2O7S. The van der Waals surface area contributed by atoms with Gasteiger partial charge in [0.25, 0.3) is 11.8 Å². The van der Waals surface area contributed by atoms with Gasteiger partial charge in [0.05, 0.1) is 32.0 Å². The minimum Gasteiger partial charge on any atom is -0.490 e. The van der Waals surface area contributed by atoms with Crippen LogP contribution in [0.5, 0.6) is 17.2 Å². The van der Waals surface area contributed by atoms with Crippen molar-refractivity contribution in [3.05, 3.63) is 33.7 Å². The number of ether oxygens (including phenoxy) is 4. The third-order valence-electron chi connectivity index (χ3n) is 4.50. The van der Waals surface area contributed by atoms with Crippen LogP contribution in [0.2, 0.25) is 0 Å². The molecule has 33 heavy (non-hydrogen) atoms. The fraction of sp³-hybridized carbons (Fsp3) is 0.435. The lowest BCUT2D eigenvalue weighted by Crippen LogP contribution is -2.32. The van der Waals surface area contributed by atoms with Gasteiger partial charge in [-0.15, -0.1) is 11.3 Å². The van der Waals surface area contributed by atoms with E-state index in [0.29, 0.717) is 47.6 Å². The Bertz CT molecular complexity index is 989. The SMILES string of the molecule is CCOC(=O)NC(=O)c1c(NC(=O)c2cc(OCC)c(OCC)c(OCC)c2)sc(C)c1C. The fourth-order valence-electron chi connectivity index (χ4n) is 3.01. The number of carbonyl (C=O) groups excluding carboxylic acids is 3. The van der Waals surface area contributed by atoms with Crippen molar-refractivity contribution in [2.75, 3.05) is 31.7 Å². The topological polar surface area (TPSA) is 112 Å². The van der Waals surface area contributed by atoms with Gasteiger partial charge in [0.2, 0.25) is 5.75 Å². The van der Waals surface area contributed by atoms with Gasteiger partial charge in [0, 0.05) is 10.4 Å². The molecule has 0 aliphatic carbocycles. The number of rotatable bonds is 10. The van der Waals surface area contributed by atoms with Crippen LogP contribution in [0.3, 0.4) is 0 Å². The van der Waals surface area contributed by atoms with Gasteiger partial charge < -0.3 is 24.3 Å². The predicted molar refractivity (Wildman–Crippen MR) is 126 cm³/mol. The molecule has 1 heterocycles. The maximum atomic E-state index is 13.1. The summed E-state index contributed by atoms with van der Waals surface area (Å²) in [4.78, 5) is 38.4. The molecule has 0 fully saturated rings. The predicted octanol–water partition coefficient (Wildman–Crippen LogP) is 4.70. The molecule has 3 amide bonds. The van der Waals surface area contributed by atoms with E-state index in [1.807, 2.05) is 27.7 Å². The average molecular weight is 479 g/mol. The average Bonchev–Trinajstić information content (AvgIpc) is 3.03. The Morgan fingerprint density at radius 2 is 1.42 bits per heavy atom. The van der Waals surface area contributed by atoms with E-state index in [0.717, 1.165) is 4.88 Å². The number of nitrogens with one attached hydrogen (secondary N) is 2. The first-order chi connectivity index (χ1) is 15.8. The van der Waals surface area contributed by atoms with E-state index < -0.39 is 17.9 Å². The van der Waals surface area contributed by atoms with Crippen LogP contribution >= 0.6 is 11.3 Å². The third-order valence-corrected chi connectivity index (χ3v) is 5.62. The second-order valence-electron chi connectivity index (χ2n) is 6.72. The Morgan fingerprint density at radius 3 is 1.94 bits per heavy atom. The second kappa shape index (κ2) is 12.1. The normalized spacial score (nSPS) is 10.4. The molecule has 0 spiro atoms. The van der Waals surface area contributed by atoms with Crippen molar-refractivity contribution < 1.29 is 33.3 Å². The van der Waals surface area contributed by atoms with E-state index in [9.17, 15) is 14.4 Å². The molecule has 1 aromatic carbocycles. The summed E-state index contributed by atoms with van der Waals surface area (Å²) in [5.74, 6) is 0.0762. The number of benzene rings is 1. The maximum absolute atomic E-state index is 13.1. The Labute approximate surface area is 197 Å². The Kier molecular flexibility index (Phi) is 9.53. The number of anilines is 1. The largest absolute Gasteiger partial charge is 0.490 e. The van der Waals surface area contributed by atoms with Crippen LogP contribution in [0.4, 0.5) is 9.80 Å². The summed E-state index contributed by atoms with van der Waals surface area (Å²) in [7, 11) is 0. The summed E-state index contributed by atoms with van der Waals surface area (Å²) in [6.07, 6.45) is -0.850. The van der Waals surface area contributed by atoms with E-state index in [2.05, 4.69) is 10.6 Å². The van der Waals surface area contributed by atoms with Crippen LogP contribution in [0.15, 0.2) is 12.1 Å². The number of alkyl carbamates (subject to hydrolysis) is 1. The standard InChI is InChI=1S/C23H30N2O7S/c1-7-29-16-11-15(12-17(30-8-2)19(16)31-9-3)20(26)24-22-18(13(5)14(6)33-22)21(27)25-23(28)32-10-4/h11-12H,7-10H2,1-6H3,(H,24,26)(H,25,27,28). The number of hydrogen-bond donors (Lipinski definition) is 2. The van der Waals surface area contributed by atoms with Crippen molar-refractivity contribution in [2.45, 2.75) is 41.5 Å². The molecule has 180 valence electrons. The van der Waals surface area contributed by atoms with E-state index >= 15 is 0 Å². The Balaban J connectivity index is 2.41. The van der Waals surface area contributed by atoms with Crippen LogP contribution < -0.4 is 24.8 Å². The molecule has 2 N–H and O–H groups in total. The van der Waals surface area contributed by atoms with E-state index in [1.165, 1.54) is 11.3 Å². The molecule has 0 radical (unpaired) electrons. The molecule has 0 saturated carbocycles. The molecule has 0 saturated heterocycles. The highest BCUT2D eigenvalue weighted by Gasteiger charge is 2.24. The number of carbonyl (C=O) groups is 3. The molecule has 10 heteroatoms. The molecule has 1 aromatic heterocycles. The molecule has 2 rings (SSSR count). The Morgan fingerprint density at radius 1 is 0.848 bits per heavy atom. The highest BCUT2D eigenvalue weighted by molar-refractivity contribution is 7.16. The summed E-state index contributed by atoms with van der Waals surface area (Å²) in [6.45, 7) is 12.0. The molecule has 2 aromatic rings. The second-order valence-corrected chi connectivity index (χ2v) is 7.94. The summed E-state index contributed by atoms with van der Waals surface area (Å²) < 4.78 is 21.8. The van der Waals surface area contributed by atoms with Crippen molar-refractivity contribution in [1.82, 2.24) is 5.32 Å². The van der Waals surface area contributed by atoms with Crippen molar-refractivity contribution >= 4 is 34.2 Å². The smallest absolute Gasteiger partial charge is 0.414 e. The van der Waals surface area contributed by atoms with Gasteiger partial charge in [-0.1, -0.05) is 0 Å². The minimum atomic E-state index is -0.850. The summed E-state index contributed by atoms with van der Waals surface area (Å²) in [5.41, 5.74) is 1.14. The van der Waals surface area contributed by atoms with Gasteiger partial charge >= 0.3 is 6.09 Å². The van der Waals surface area contributed by atoms with Gasteiger partial charge in [-0.2, -0.15) is 0 Å². The van der Waals surface area contributed by atoms with Gasteiger partial charge in [-0.05, 0) is 59.2 Å². The van der Waals surface area contributed by atoms with E-state index in [4.69, 9.17) is 18.9 Å². The number of amides is 3. The van der Waals surface area contributed by atoms with E-state index in [-0.39, 0.29) is 17.7 Å². The fourth-order valence-corrected chi connectivity index (χ4v) is 4.06. The summed E-state index contributed by atoms with van der Waals surface area (Å²) >= 11 is 1.24. The highest BCUT2D eigenvalue weighted by Crippen LogP contribution is 2.40. The number of imide groups is 1. The third kappa shape index (κ3) is 6.38. The zero-order valence-corrected chi connectivity index (χ0v) is 20.6. The van der Waals surface area contributed by atoms with Gasteiger partial charge in [-0.3, -0.25) is 14.9 Å². The lowest BCUT2D eigenvalue weighted by atomic mass is 10.1. The molecule has 0 atom stereocenters. The summed E-state index contributed by atoms with van der Waals surface area (Å²) in [5, 5.41) is 5.28. The lowest BCUT2D eigenvalue weighted by molar-refractivity contribution is 0.0925. The van der Waals surface area contributed by atoms with Crippen LogP contribution in [0.1, 0.15) is 58.9 Å². The first-order valence-corrected chi connectivity index (χ1v) is 11.5. The quantitative estimate of drug-likeness (QED) is 0.509. The lowest BCUT2D eigenvalue weighted by Gasteiger charge is -2.17. The van der Waals surface area contributed by atoms with Crippen molar-refractivity contribution in [1.29, 1.82) is 0 Å². The highest BCUT2D eigenvalue weighted by atomic mass is 32.1. The zero-order chi connectivity index (χ0) is 24.5. The summed E-state index contributed by atoms with van der Waals surface area (Å²) in [6, 6.07) is 3.13. The monoisotopic (exact) mass is 478 g/mol. The van der Waals surface area contributed by atoms with Crippen LogP contribution in [-0.4, -0.2) is 44.3 Å². The van der Waals surface area contributed by atoms with Gasteiger partial charge in [-0.25, -0.2) is 4.79 Å². The van der Waals surface area contributed by atoms with Crippen LogP contribution in [0, 0.1) is 13.8 Å². The zero-order valence-electron chi connectivity index (χ0n) is 19.7. The number of thiophene rings is 1. The van der Waals surface area contributed by atoms with Crippen LogP contribution in [-0.2, 0) is 4.74 Å². The van der Waals surface area contributed by atoms with Crippen molar-refractivity contribution in [3.63, 3.8) is 0 Å². The Hall–Kier alpha value is -3.27. The molecule has 0 aliphatic heterocycles.